The van der Waals surface area contributed by atoms with Crippen LogP contribution in [0, 0.1) is 0 Å². The zero-order chi connectivity index (χ0) is 13.2. The molecule has 0 saturated carbocycles. The van der Waals surface area contributed by atoms with Gasteiger partial charge >= 0.3 is 0 Å². The minimum absolute atomic E-state index is 0.190. The number of nitrogens with zero attached hydrogens (tertiary/aromatic N) is 1. The van der Waals surface area contributed by atoms with Crippen molar-refractivity contribution in [3.8, 4) is 0 Å². The Balaban J connectivity index is 2.23. The average molecular weight is 246 g/mol. The first kappa shape index (κ1) is 13.4. The number of benzene rings is 1. The first-order chi connectivity index (χ1) is 8.50. The van der Waals surface area contributed by atoms with E-state index in [1.807, 2.05) is 0 Å². The second kappa shape index (κ2) is 5.31. The molecule has 1 N–H and O–H groups in total. The molecule has 1 aromatic carbocycles. The van der Waals surface area contributed by atoms with Gasteiger partial charge in [0.1, 0.15) is 0 Å². The van der Waals surface area contributed by atoms with Gasteiger partial charge in [-0.05, 0) is 50.4 Å². The highest BCUT2D eigenvalue weighted by atomic mass is 15.2. The van der Waals surface area contributed by atoms with Crippen LogP contribution in [0.2, 0.25) is 0 Å². The van der Waals surface area contributed by atoms with Crippen LogP contribution < -0.4 is 10.2 Å². The standard InChI is InChI=1S/C16H26N2/c1-13(2)14-6-8-15(9-7-14)18-11-5-10-17-12-16(18,3)4/h6-9,13,17H,5,10-12H2,1-4H3. The zero-order valence-corrected chi connectivity index (χ0v) is 12.2. The van der Waals surface area contributed by atoms with Gasteiger partial charge in [-0.25, -0.2) is 0 Å². The molecule has 2 nitrogen and oxygen atoms in total. The molecule has 0 amide bonds. The third kappa shape index (κ3) is 2.86. The fourth-order valence-electron chi connectivity index (χ4n) is 2.67. The van der Waals surface area contributed by atoms with Gasteiger partial charge in [0, 0.05) is 24.3 Å². The Morgan fingerprint density at radius 2 is 1.83 bits per heavy atom. The van der Waals surface area contributed by atoms with Gasteiger partial charge in [-0.2, -0.15) is 0 Å². The van der Waals surface area contributed by atoms with Gasteiger partial charge in [-0.3, -0.25) is 0 Å². The first-order valence-electron chi connectivity index (χ1n) is 7.09. The highest BCUT2D eigenvalue weighted by molar-refractivity contribution is 5.50. The molecule has 100 valence electrons. The molecule has 0 aromatic heterocycles. The molecule has 0 aliphatic carbocycles. The van der Waals surface area contributed by atoms with Gasteiger partial charge in [0.2, 0.25) is 0 Å². The van der Waals surface area contributed by atoms with E-state index in [2.05, 4.69) is 62.2 Å². The fraction of sp³-hybridized carbons (Fsp3) is 0.625. The second-order valence-electron chi connectivity index (χ2n) is 6.24. The average Bonchev–Trinajstić information content (AvgIpc) is 2.50. The molecule has 1 saturated heterocycles. The quantitative estimate of drug-likeness (QED) is 0.860. The predicted octanol–water partition coefficient (Wildman–Crippen LogP) is 3.39. The first-order valence-corrected chi connectivity index (χ1v) is 7.09. The molecule has 0 spiro atoms. The van der Waals surface area contributed by atoms with E-state index in [9.17, 15) is 0 Å². The smallest absolute Gasteiger partial charge is 0.0470 e. The highest BCUT2D eigenvalue weighted by Crippen LogP contribution is 2.27. The van der Waals surface area contributed by atoms with Gasteiger partial charge in [0.15, 0.2) is 0 Å². The molecule has 1 aliphatic heterocycles. The lowest BCUT2D eigenvalue weighted by Gasteiger charge is -2.39. The Bertz CT molecular complexity index is 379. The summed E-state index contributed by atoms with van der Waals surface area (Å²) in [7, 11) is 0. The third-order valence-corrected chi connectivity index (χ3v) is 3.90. The molecule has 0 unspecified atom stereocenters. The number of anilines is 1. The minimum Gasteiger partial charge on any atom is -0.365 e. The van der Waals surface area contributed by atoms with Crippen LogP contribution in [-0.4, -0.2) is 25.2 Å². The Kier molecular flexibility index (Phi) is 3.96. The largest absolute Gasteiger partial charge is 0.365 e. The number of hydrogen-bond acceptors (Lipinski definition) is 2. The maximum Gasteiger partial charge on any atom is 0.0470 e. The lowest BCUT2D eigenvalue weighted by Crippen LogP contribution is -2.48. The van der Waals surface area contributed by atoms with Crippen molar-refractivity contribution in [1.82, 2.24) is 5.32 Å². The van der Waals surface area contributed by atoms with Crippen molar-refractivity contribution in [2.45, 2.75) is 45.6 Å². The van der Waals surface area contributed by atoms with E-state index in [0.29, 0.717) is 5.92 Å². The molecule has 1 aliphatic rings. The van der Waals surface area contributed by atoms with Crippen LogP contribution in [0.25, 0.3) is 0 Å². The summed E-state index contributed by atoms with van der Waals surface area (Å²) in [5, 5.41) is 3.53. The Morgan fingerprint density at radius 3 is 2.44 bits per heavy atom. The summed E-state index contributed by atoms with van der Waals surface area (Å²) in [4.78, 5) is 2.54. The summed E-state index contributed by atoms with van der Waals surface area (Å²) < 4.78 is 0. The molecule has 18 heavy (non-hydrogen) atoms. The summed E-state index contributed by atoms with van der Waals surface area (Å²) >= 11 is 0. The maximum absolute atomic E-state index is 3.53. The van der Waals surface area contributed by atoms with E-state index in [-0.39, 0.29) is 5.54 Å². The van der Waals surface area contributed by atoms with E-state index in [1.54, 1.807) is 0 Å². The van der Waals surface area contributed by atoms with Crippen molar-refractivity contribution < 1.29 is 0 Å². The molecule has 0 radical (unpaired) electrons. The Morgan fingerprint density at radius 1 is 1.17 bits per heavy atom. The van der Waals surface area contributed by atoms with Gasteiger partial charge in [-0.1, -0.05) is 26.0 Å². The predicted molar refractivity (Wildman–Crippen MR) is 79.4 cm³/mol. The molecule has 1 fully saturated rings. The molecular formula is C16H26N2. The second-order valence-corrected chi connectivity index (χ2v) is 6.24. The van der Waals surface area contributed by atoms with Crippen molar-refractivity contribution in [1.29, 1.82) is 0 Å². The maximum atomic E-state index is 3.53. The van der Waals surface area contributed by atoms with E-state index < -0.39 is 0 Å². The molecule has 0 atom stereocenters. The molecule has 0 bridgehead atoms. The van der Waals surface area contributed by atoms with E-state index in [4.69, 9.17) is 0 Å². The Hall–Kier alpha value is -1.02. The van der Waals surface area contributed by atoms with Crippen molar-refractivity contribution in [3.05, 3.63) is 29.8 Å². The van der Waals surface area contributed by atoms with E-state index in [1.165, 1.54) is 17.7 Å². The topological polar surface area (TPSA) is 15.3 Å². The van der Waals surface area contributed by atoms with Crippen molar-refractivity contribution in [2.75, 3.05) is 24.5 Å². The summed E-state index contributed by atoms with van der Waals surface area (Å²) in [5.41, 5.74) is 2.97. The van der Waals surface area contributed by atoms with Crippen LogP contribution in [0.3, 0.4) is 0 Å². The van der Waals surface area contributed by atoms with Crippen LogP contribution in [0.1, 0.15) is 45.6 Å². The summed E-state index contributed by atoms with van der Waals surface area (Å²) in [6.45, 7) is 12.5. The van der Waals surface area contributed by atoms with Crippen molar-refractivity contribution in [2.24, 2.45) is 0 Å². The van der Waals surface area contributed by atoms with Crippen LogP contribution in [0.5, 0.6) is 0 Å². The summed E-state index contributed by atoms with van der Waals surface area (Å²) in [6.07, 6.45) is 1.22. The lowest BCUT2D eigenvalue weighted by molar-refractivity contribution is 0.462. The molecule has 2 rings (SSSR count). The molecule has 1 aromatic rings. The van der Waals surface area contributed by atoms with Crippen LogP contribution in [0.4, 0.5) is 5.69 Å². The lowest BCUT2D eigenvalue weighted by atomic mass is 9.99. The highest BCUT2D eigenvalue weighted by Gasteiger charge is 2.28. The normalized spacial score (nSPS) is 19.9. The molecular weight excluding hydrogens is 220 g/mol. The fourth-order valence-corrected chi connectivity index (χ4v) is 2.67. The van der Waals surface area contributed by atoms with E-state index >= 15 is 0 Å². The summed E-state index contributed by atoms with van der Waals surface area (Å²) in [5.74, 6) is 0.609. The number of rotatable bonds is 2. The van der Waals surface area contributed by atoms with Crippen molar-refractivity contribution in [3.63, 3.8) is 0 Å². The third-order valence-electron chi connectivity index (χ3n) is 3.90. The van der Waals surface area contributed by atoms with Gasteiger partial charge in [0.05, 0.1) is 0 Å². The van der Waals surface area contributed by atoms with Crippen molar-refractivity contribution >= 4 is 5.69 Å². The summed E-state index contributed by atoms with van der Waals surface area (Å²) in [6, 6.07) is 9.10. The SMILES string of the molecule is CC(C)c1ccc(N2CCCNCC2(C)C)cc1. The van der Waals surface area contributed by atoms with Crippen LogP contribution in [-0.2, 0) is 0 Å². The van der Waals surface area contributed by atoms with E-state index in [0.717, 1.165) is 19.6 Å². The number of nitrogens with one attached hydrogen (secondary N) is 1. The van der Waals surface area contributed by atoms with Crippen LogP contribution in [0.15, 0.2) is 24.3 Å². The van der Waals surface area contributed by atoms with Gasteiger partial charge in [-0.15, -0.1) is 0 Å². The van der Waals surface area contributed by atoms with Gasteiger partial charge < -0.3 is 10.2 Å². The monoisotopic (exact) mass is 246 g/mol. The van der Waals surface area contributed by atoms with Crippen LogP contribution >= 0.6 is 0 Å². The van der Waals surface area contributed by atoms with Gasteiger partial charge in [0.25, 0.3) is 0 Å². The Labute approximate surface area is 111 Å². The zero-order valence-electron chi connectivity index (χ0n) is 12.2. The minimum atomic E-state index is 0.190. The molecule has 2 heteroatoms. The molecule has 1 heterocycles. The number of hydrogen-bond donors (Lipinski definition) is 1.